The molecule has 124 valence electrons. The fourth-order valence-corrected chi connectivity index (χ4v) is 2.52. The Morgan fingerprint density at radius 3 is 2.52 bits per heavy atom. The smallest absolute Gasteiger partial charge is 0.323 e. The van der Waals surface area contributed by atoms with Gasteiger partial charge in [0.2, 0.25) is 0 Å². The van der Waals surface area contributed by atoms with Crippen LogP contribution in [0.4, 0.5) is 5.69 Å². The maximum Gasteiger partial charge on any atom is 0.323 e. The lowest BCUT2D eigenvalue weighted by molar-refractivity contribution is -0.138. The summed E-state index contributed by atoms with van der Waals surface area (Å²) in [6.45, 7) is 4.69. The lowest BCUT2D eigenvalue weighted by atomic mass is 10.0. The second kappa shape index (κ2) is 6.58. The van der Waals surface area contributed by atoms with Gasteiger partial charge in [-0.25, -0.2) is 0 Å². The van der Waals surface area contributed by atoms with Crippen LogP contribution in [0.15, 0.2) is 18.2 Å². The summed E-state index contributed by atoms with van der Waals surface area (Å²) < 4.78 is 5.68. The standard InChI is InChI=1S/C16H18ClNO5/c1-8(2)15-16(22)18(7-13(19)20)11-6-10(14(21)9(3)17)4-5-12(11)23-15/h4-6,8-9,15H,7H2,1-3H3,(H,19,20). The first kappa shape index (κ1) is 17.3. The molecule has 1 N–H and O–H groups in total. The molecular weight excluding hydrogens is 322 g/mol. The van der Waals surface area contributed by atoms with E-state index in [-0.39, 0.29) is 17.4 Å². The number of anilines is 1. The van der Waals surface area contributed by atoms with Crippen LogP contribution in [0.3, 0.4) is 0 Å². The number of carboxylic acids is 1. The third-order valence-electron chi connectivity index (χ3n) is 3.56. The molecule has 2 atom stereocenters. The number of carboxylic acid groups (broad SMARTS) is 1. The molecule has 0 aromatic heterocycles. The van der Waals surface area contributed by atoms with Crippen LogP contribution in [0.25, 0.3) is 0 Å². The summed E-state index contributed by atoms with van der Waals surface area (Å²) in [4.78, 5) is 36.8. The number of nitrogens with zero attached hydrogens (tertiary/aromatic N) is 1. The fraction of sp³-hybridized carbons (Fsp3) is 0.438. The monoisotopic (exact) mass is 339 g/mol. The molecule has 1 aromatic rings. The number of aliphatic carboxylic acids is 1. The van der Waals surface area contributed by atoms with Crippen LogP contribution in [0, 0.1) is 5.92 Å². The van der Waals surface area contributed by atoms with E-state index in [2.05, 4.69) is 0 Å². The van der Waals surface area contributed by atoms with E-state index < -0.39 is 29.9 Å². The number of amides is 1. The molecule has 23 heavy (non-hydrogen) atoms. The molecule has 0 bridgehead atoms. The summed E-state index contributed by atoms with van der Waals surface area (Å²) in [5.74, 6) is -1.61. The van der Waals surface area contributed by atoms with Crippen LogP contribution in [0.1, 0.15) is 31.1 Å². The Kier molecular flexibility index (Phi) is 4.94. The first-order valence-corrected chi connectivity index (χ1v) is 7.68. The minimum Gasteiger partial charge on any atom is -0.480 e. The van der Waals surface area contributed by atoms with Gasteiger partial charge in [0, 0.05) is 5.56 Å². The van der Waals surface area contributed by atoms with Gasteiger partial charge in [0.15, 0.2) is 11.9 Å². The minimum atomic E-state index is -1.14. The first-order valence-electron chi connectivity index (χ1n) is 7.24. The highest BCUT2D eigenvalue weighted by atomic mass is 35.5. The third kappa shape index (κ3) is 3.47. The molecular formula is C16H18ClNO5. The van der Waals surface area contributed by atoms with Gasteiger partial charge in [0.25, 0.3) is 5.91 Å². The molecule has 1 aliphatic heterocycles. The number of alkyl halides is 1. The Hall–Kier alpha value is -2.08. The van der Waals surface area contributed by atoms with E-state index in [0.29, 0.717) is 11.3 Å². The van der Waals surface area contributed by atoms with Crippen molar-refractivity contribution in [2.45, 2.75) is 32.3 Å². The molecule has 7 heteroatoms. The number of ketones is 1. The molecule has 1 aromatic carbocycles. The Labute approximate surface area is 139 Å². The lowest BCUT2D eigenvalue weighted by Gasteiger charge is -2.35. The van der Waals surface area contributed by atoms with Crippen molar-refractivity contribution in [2.24, 2.45) is 5.92 Å². The number of hydrogen-bond donors (Lipinski definition) is 1. The number of halogens is 1. The predicted octanol–water partition coefficient (Wildman–Crippen LogP) is 2.33. The summed E-state index contributed by atoms with van der Waals surface area (Å²) in [5.41, 5.74) is 0.582. The molecule has 6 nitrogen and oxygen atoms in total. The molecule has 2 unspecified atom stereocenters. The van der Waals surface area contributed by atoms with E-state index in [1.807, 2.05) is 13.8 Å². The third-order valence-corrected chi connectivity index (χ3v) is 3.76. The molecule has 0 saturated heterocycles. The molecule has 0 fully saturated rings. The van der Waals surface area contributed by atoms with Gasteiger partial charge in [-0.15, -0.1) is 11.6 Å². The number of rotatable bonds is 5. The summed E-state index contributed by atoms with van der Waals surface area (Å²) in [5, 5.41) is 8.36. The number of benzene rings is 1. The minimum absolute atomic E-state index is 0.115. The second-order valence-corrected chi connectivity index (χ2v) is 6.42. The van der Waals surface area contributed by atoms with Gasteiger partial charge in [-0.3, -0.25) is 19.3 Å². The topological polar surface area (TPSA) is 83.9 Å². The van der Waals surface area contributed by atoms with Crippen LogP contribution in [0.2, 0.25) is 0 Å². The molecule has 0 saturated carbocycles. The normalized spacial score (nSPS) is 18.4. The zero-order valence-electron chi connectivity index (χ0n) is 13.1. The highest BCUT2D eigenvalue weighted by Crippen LogP contribution is 2.36. The number of ether oxygens (including phenoxy) is 1. The van der Waals surface area contributed by atoms with Crippen LogP contribution in [0.5, 0.6) is 5.75 Å². The van der Waals surface area contributed by atoms with E-state index in [4.69, 9.17) is 21.4 Å². The predicted molar refractivity (Wildman–Crippen MR) is 85.3 cm³/mol. The maximum atomic E-state index is 12.5. The highest BCUT2D eigenvalue weighted by molar-refractivity contribution is 6.33. The van der Waals surface area contributed by atoms with Crippen molar-refractivity contribution in [3.8, 4) is 5.75 Å². The van der Waals surface area contributed by atoms with E-state index in [9.17, 15) is 14.4 Å². The first-order chi connectivity index (χ1) is 10.7. The Balaban J connectivity index is 2.50. The number of hydrogen-bond acceptors (Lipinski definition) is 4. The van der Waals surface area contributed by atoms with Gasteiger partial charge in [-0.05, 0) is 31.0 Å². The average Bonchev–Trinajstić information content (AvgIpc) is 2.47. The summed E-state index contributed by atoms with van der Waals surface area (Å²) >= 11 is 5.80. The van der Waals surface area contributed by atoms with Gasteiger partial charge in [0.1, 0.15) is 12.3 Å². The molecule has 0 aliphatic carbocycles. The van der Waals surface area contributed by atoms with Gasteiger partial charge >= 0.3 is 5.97 Å². The Bertz CT molecular complexity index is 656. The van der Waals surface area contributed by atoms with Crippen LogP contribution < -0.4 is 9.64 Å². The van der Waals surface area contributed by atoms with Gasteiger partial charge in [-0.1, -0.05) is 13.8 Å². The molecule has 0 radical (unpaired) electrons. The SMILES string of the molecule is CC(Cl)C(=O)c1ccc2c(c1)N(CC(=O)O)C(=O)C(C(C)C)O2. The Morgan fingerprint density at radius 2 is 2.00 bits per heavy atom. The van der Waals surface area contributed by atoms with Gasteiger partial charge in [0.05, 0.1) is 11.1 Å². The van der Waals surface area contributed by atoms with Crippen molar-refractivity contribution >= 4 is 34.9 Å². The van der Waals surface area contributed by atoms with Crippen molar-refractivity contribution in [3.05, 3.63) is 23.8 Å². The number of carbonyl (C=O) groups excluding carboxylic acids is 2. The van der Waals surface area contributed by atoms with Crippen molar-refractivity contribution in [3.63, 3.8) is 0 Å². The van der Waals surface area contributed by atoms with E-state index >= 15 is 0 Å². The van der Waals surface area contributed by atoms with Crippen molar-refractivity contribution in [1.82, 2.24) is 0 Å². The maximum absolute atomic E-state index is 12.5. The summed E-state index contributed by atoms with van der Waals surface area (Å²) in [6, 6.07) is 4.58. The van der Waals surface area contributed by atoms with Crippen molar-refractivity contribution in [2.75, 3.05) is 11.4 Å². The molecule has 0 spiro atoms. The summed E-state index contributed by atoms with van der Waals surface area (Å²) in [7, 11) is 0. The van der Waals surface area contributed by atoms with Crippen LogP contribution in [-0.4, -0.2) is 40.8 Å². The second-order valence-electron chi connectivity index (χ2n) is 5.76. The number of carbonyl (C=O) groups is 3. The Morgan fingerprint density at radius 1 is 1.35 bits per heavy atom. The molecule has 2 rings (SSSR count). The summed E-state index contributed by atoms with van der Waals surface area (Å²) in [6.07, 6.45) is -0.754. The van der Waals surface area contributed by atoms with Crippen molar-refractivity contribution in [1.29, 1.82) is 0 Å². The molecule has 1 aliphatic rings. The van der Waals surface area contributed by atoms with E-state index in [0.717, 1.165) is 4.90 Å². The number of Topliss-reactive ketones (excluding diaryl/α,β-unsaturated/α-hetero) is 1. The van der Waals surface area contributed by atoms with E-state index in [1.165, 1.54) is 6.07 Å². The number of fused-ring (bicyclic) bond motifs is 1. The van der Waals surface area contributed by atoms with Gasteiger partial charge in [-0.2, -0.15) is 0 Å². The lowest BCUT2D eigenvalue weighted by Crippen LogP contribution is -2.50. The molecule has 1 amide bonds. The largest absolute Gasteiger partial charge is 0.480 e. The van der Waals surface area contributed by atoms with Gasteiger partial charge < -0.3 is 9.84 Å². The fourth-order valence-electron chi connectivity index (χ4n) is 2.39. The van der Waals surface area contributed by atoms with E-state index in [1.54, 1.807) is 19.1 Å². The zero-order chi connectivity index (χ0) is 17.3. The molecule has 1 heterocycles. The van der Waals surface area contributed by atoms with Crippen LogP contribution in [-0.2, 0) is 9.59 Å². The van der Waals surface area contributed by atoms with Crippen molar-refractivity contribution < 1.29 is 24.2 Å². The zero-order valence-corrected chi connectivity index (χ0v) is 13.8. The highest BCUT2D eigenvalue weighted by Gasteiger charge is 2.37. The average molecular weight is 340 g/mol. The van der Waals surface area contributed by atoms with Crippen LogP contribution >= 0.6 is 11.6 Å². The quantitative estimate of drug-likeness (QED) is 0.657.